The number of hydrogen-bond acceptors (Lipinski definition) is 5. The second-order valence-electron chi connectivity index (χ2n) is 14.5. The van der Waals surface area contributed by atoms with Gasteiger partial charge in [0.2, 0.25) is 0 Å². The smallest absolute Gasteiger partial charge is 0.164 e. The van der Waals surface area contributed by atoms with Gasteiger partial charge in [0, 0.05) is 22.4 Å². The summed E-state index contributed by atoms with van der Waals surface area (Å²) in [5, 5.41) is 10.0. The van der Waals surface area contributed by atoms with Crippen molar-refractivity contribution in [2.45, 2.75) is 12.2 Å². The van der Waals surface area contributed by atoms with Gasteiger partial charge in [-0.25, -0.2) is 15.0 Å². The lowest BCUT2D eigenvalue weighted by atomic mass is 9.91. The molecule has 0 radical (unpaired) electrons. The molecule has 0 saturated heterocycles. The van der Waals surface area contributed by atoms with Crippen LogP contribution in [-0.2, 0) is 0 Å². The molecular formula is C53H39N5. The van der Waals surface area contributed by atoms with Gasteiger partial charge in [-0.1, -0.05) is 206 Å². The zero-order valence-electron chi connectivity index (χ0n) is 31.7. The Kier molecular flexibility index (Phi) is 9.40. The average Bonchev–Trinajstić information content (AvgIpc) is 3.32. The quantitative estimate of drug-likeness (QED) is 0.162. The molecule has 2 unspecified atom stereocenters. The summed E-state index contributed by atoms with van der Waals surface area (Å²) in [4.78, 5) is 14.7. The number of rotatable bonds is 8. The van der Waals surface area contributed by atoms with E-state index in [9.17, 15) is 0 Å². The molecule has 2 atom stereocenters. The number of aromatic nitrogens is 3. The molecule has 0 bridgehead atoms. The van der Waals surface area contributed by atoms with Gasteiger partial charge in [0.1, 0.15) is 6.17 Å². The van der Waals surface area contributed by atoms with Crippen LogP contribution in [0.4, 0.5) is 0 Å². The van der Waals surface area contributed by atoms with Gasteiger partial charge >= 0.3 is 0 Å². The van der Waals surface area contributed by atoms with Crippen LogP contribution < -0.4 is 10.6 Å². The first kappa shape index (κ1) is 35.0. The van der Waals surface area contributed by atoms with Crippen LogP contribution in [0.15, 0.2) is 212 Å². The van der Waals surface area contributed by atoms with Crippen molar-refractivity contribution in [1.82, 2.24) is 25.6 Å². The number of nitrogens with one attached hydrogen (secondary N) is 2. The Morgan fingerprint density at radius 1 is 0.328 bits per heavy atom. The molecule has 1 aliphatic heterocycles. The molecular weight excluding hydrogens is 707 g/mol. The molecule has 0 saturated carbocycles. The predicted octanol–water partition coefficient (Wildman–Crippen LogP) is 12.3. The van der Waals surface area contributed by atoms with Gasteiger partial charge in [-0.05, 0) is 55.8 Å². The van der Waals surface area contributed by atoms with Crippen molar-refractivity contribution in [2.24, 2.45) is 0 Å². The molecule has 5 heteroatoms. The molecule has 0 spiro atoms. The van der Waals surface area contributed by atoms with Gasteiger partial charge in [-0.3, -0.25) is 5.32 Å². The van der Waals surface area contributed by atoms with Crippen LogP contribution in [0.5, 0.6) is 0 Å². The van der Waals surface area contributed by atoms with Crippen molar-refractivity contribution >= 4 is 16.5 Å². The monoisotopic (exact) mass is 745 g/mol. The predicted molar refractivity (Wildman–Crippen MR) is 237 cm³/mol. The van der Waals surface area contributed by atoms with E-state index >= 15 is 0 Å². The summed E-state index contributed by atoms with van der Waals surface area (Å²) in [5.41, 5.74) is 12.2. The first-order valence-electron chi connectivity index (χ1n) is 19.7. The largest absolute Gasteiger partial charge is 0.366 e. The van der Waals surface area contributed by atoms with Crippen molar-refractivity contribution in [3.63, 3.8) is 0 Å². The maximum absolute atomic E-state index is 4.94. The molecule has 2 heterocycles. The van der Waals surface area contributed by atoms with E-state index in [1.807, 2.05) is 60.7 Å². The third kappa shape index (κ3) is 7.07. The lowest BCUT2D eigenvalue weighted by molar-refractivity contribution is 0.443. The Morgan fingerprint density at radius 2 is 0.724 bits per heavy atom. The molecule has 58 heavy (non-hydrogen) atoms. The summed E-state index contributed by atoms with van der Waals surface area (Å²) in [6.07, 6.45) is 2.22. The Bertz CT molecular complexity index is 2800. The van der Waals surface area contributed by atoms with E-state index in [2.05, 4.69) is 162 Å². The van der Waals surface area contributed by atoms with E-state index in [-0.39, 0.29) is 12.2 Å². The van der Waals surface area contributed by atoms with Crippen LogP contribution >= 0.6 is 0 Å². The molecule has 0 fully saturated rings. The van der Waals surface area contributed by atoms with Crippen LogP contribution in [0.3, 0.4) is 0 Å². The first-order chi connectivity index (χ1) is 28.7. The molecule has 5 nitrogen and oxygen atoms in total. The van der Waals surface area contributed by atoms with E-state index in [1.165, 1.54) is 44.2 Å². The van der Waals surface area contributed by atoms with Crippen LogP contribution in [0, 0.1) is 0 Å². The fourth-order valence-electron chi connectivity index (χ4n) is 7.86. The van der Waals surface area contributed by atoms with Crippen LogP contribution in [0.2, 0.25) is 0 Å². The maximum Gasteiger partial charge on any atom is 0.164 e. The molecule has 276 valence electrons. The minimum Gasteiger partial charge on any atom is -0.366 e. The van der Waals surface area contributed by atoms with Crippen LogP contribution in [0.1, 0.15) is 28.9 Å². The van der Waals surface area contributed by atoms with Crippen LogP contribution in [0.25, 0.3) is 72.9 Å². The molecule has 10 rings (SSSR count). The van der Waals surface area contributed by atoms with Crippen molar-refractivity contribution in [2.75, 3.05) is 0 Å². The van der Waals surface area contributed by atoms with Gasteiger partial charge < -0.3 is 5.32 Å². The topological polar surface area (TPSA) is 62.7 Å². The van der Waals surface area contributed by atoms with Crippen molar-refractivity contribution < 1.29 is 0 Å². The summed E-state index contributed by atoms with van der Waals surface area (Å²) >= 11 is 0. The number of benzene rings is 8. The highest BCUT2D eigenvalue weighted by molar-refractivity contribution is 6.05. The molecule has 9 aromatic rings. The zero-order valence-corrected chi connectivity index (χ0v) is 31.7. The highest BCUT2D eigenvalue weighted by Gasteiger charge is 2.24. The highest BCUT2D eigenvalue weighted by atomic mass is 15.2. The van der Waals surface area contributed by atoms with Crippen molar-refractivity contribution in [3.8, 4) is 56.4 Å². The standard InChI is InChI=1S/C53H39N5/c1-5-15-38(16-6-1)48-35-49(39-17-7-2-8-18-39)55-50(54-48)42-29-25-36(26-30-42)44-33-34-45(47-24-14-13-23-46(44)47)37-27-31-43(32-28-37)53-57-51(40-19-9-3-10-20-40)56-52(58-53)41-21-11-4-12-22-41/h1-35,48,50,54-55H. The number of fused-ring (bicyclic) bond motifs is 1. The summed E-state index contributed by atoms with van der Waals surface area (Å²) < 4.78 is 0. The van der Waals surface area contributed by atoms with Gasteiger partial charge in [-0.2, -0.15) is 0 Å². The zero-order chi connectivity index (χ0) is 38.7. The second kappa shape index (κ2) is 15.6. The summed E-state index contributed by atoms with van der Waals surface area (Å²) in [5.74, 6) is 1.95. The lowest BCUT2D eigenvalue weighted by Gasteiger charge is -2.33. The van der Waals surface area contributed by atoms with E-state index in [4.69, 9.17) is 15.0 Å². The fraction of sp³-hybridized carbons (Fsp3) is 0.0377. The molecule has 0 aliphatic carbocycles. The van der Waals surface area contributed by atoms with Crippen molar-refractivity contribution in [3.05, 3.63) is 229 Å². The highest BCUT2D eigenvalue weighted by Crippen LogP contribution is 2.37. The van der Waals surface area contributed by atoms with Gasteiger partial charge in [-0.15, -0.1) is 0 Å². The minimum atomic E-state index is -0.0612. The van der Waals surface area contributed by atoms with E-state index in [1.54, 1.807) is 0 Å². The normalized spacial score (nSPS) is 15.1. The third-order valence-electron chi connectivity index (χ3n) is 10.9. The van der Waals surface area contributed by atoms with E-state index in [0.29, 0.717) is 17.5 Å². The van der Waals surface area contributed by atoms with Gasteiger partial charge in [0.25, 0.3) is 0 Å². The van der Waals surface area contributed by atoms with Gasteiger partial charge in [0.15, 0.2) is 17.5 Å². The van der Waals surface area contributed by atoms with Crippen molar-refractivity contribution in [1.29, 1.82) is 0 Å². The second-order valence-corrected chi connectivity index (χ2v) is 14.5. The Balaban J connectivity index is 0.950. The van der Waals surface area contributed by atoms with Gasteiger partial charge in [0.05, 0.1) is 6.04 Å². The SMILES string of the molecule is C1=C(c2ccccc2)NC(c2ccc(-c3ccc(-c4ccc(-c5nc(-c6ccccc6)nc(-c6ccccc6)n5)cc4)c4ccccc34)cc2)NC1c1ccccc1. The Labute approximate surface area is 338 Å². The molecule has 1 aliphatic rings. The summed E-state index contributed by atoms with van der Waals surface area (Å²) in [6, 6.07) is 72.2. The summed E-state index contributed by atoms with van der Waals surface area (Å²) in [7, 11) is 0. The molecule has 2 N–H and O–H groups in total. The van der Waals surface area contributed by atoms with E-state index in [0.717, 1.165) is 28.0 Å². The van der Waals surface area contributed by atoms with Crippen LogP contribution in [-0.4, -0.2) is 15.0 Å². The molecule has 8 aromatic carbocycles. The third-order valence-corrected chi connectivity index (χ3v) is 10.9. The minimum absolute atomic E-state index is 0.0612. The van der Waals surface area contributed by atoms with E-state index < -0.39 is 0 Å². The average molecular weight is 746 g/mol. The number of hydrogen-bond donors (Lipinski definition) is 2. The maximum atomic E-state index is 4.94. The fourth-order valence-corrected chi connectivity index (χ4v) is 7.86. The lowest BCUT2D eigenvalue weighted by Crippen LogP contribution is -2.39. The molecule has 0 amide bonds. The Morgan fingerprint density at radius 3 is 1.22 bits per heavy atom. The Hall–Kier alpha value is -7.47. The first-order valence-corrected chi connectivity index (χ1v) is 19.7. The number of nitrogens with zero attached hydrogens (tertiary/aromatic N) is 3. The summed E-state index contributed by atoms with van der Waals surface area (Å²) in [6.45, 7) is 0. The molecule has 1 aromatic heterocycles.